The third kappa shape index (κ3) is 7.28. The van der Waals surface area contributed by atoms with Gasteiger partial charge in [-0.2, -0.15) is 0 Å². The van der Waals surface area contributed by atoms with E-state index in [1.807, 2.05) is 50.2 Å². The highest BCUT2D eigenvalue weighted by atomic mass is 16.3. The van der Waals surface area contributed by atoms with E-state index in [1.54, 1.807) is 18.2 Å². The van der Waals surface area contributed by atoms with Gasteiger partial charge >= 0.3 is 0 Å². The summed E-state index contributed by atoms with van der Waals surface area (Å²) in [5, 5.41) is 14.9. The molecule has 0 aliphatic heterocycles. The van der Waals surface area contributed by atoms with Crippen LogP contribution in [0.4, 0.5) is 0 Å². The molecule has 2 aromatic carbocycles. The number of benzene rings is 2. The van der Waals surface area contributed by atoms with Crippen molar-refractivity contribution in [3.05, 3.63) is 71.3 Å². The van der Waals surface area contributed by atoms with E-state index in [4.69, 9.17) is 5.73 Å². The molecule has 0 aromatic heterocycles. The Labute approximate surface area is 189 Å². The van der Waals surface area contributed by atoms with E-state index < -0.39 is 30.4 Å². The number of aliphatic hydroxyl groups excluding tert-OH is 1. The zero-order valence-electron chi connectivity index (χ0n) is 18.7. The van der Waals surface area contributed by atoms with Crippen molar-refractivity contribution in [1.82, 2.24) is 10.6 Å². The number of carbonyl (C=O) groups excluding carboxylic acids is 3. The molecule has 7 nitrogen and oxygen atoms in total. The molecule has 2 amide bonds. The second-order valence-electron chi connectivity index (χ2n) is 7.95. The van der Waals surface area contributed by atoms with Crippen LogP contribution in [0.1, 0.15) is 48.2 Å². The van der Waals surface area contributed by atoms with Gasteiger partial charge < -0.3 is 21.5 Å². The van der Waals surface area contributed by atoms with E-state index >= 15 is 0 Å². The number of ketones is 1. The first kappa shape index (κ1) is 25.2. The van der Waals surface area contributed by atoms with Crippen molar-refractivity contribution >= 4 is 17.6 Å². The van der Waals surface area contributed by atoms with Crippen LogP contribution >= 0.6 is 0 Å². The normalized spacial score (nSPS) is 13.6. The Bertz CT molecular complexity index is 901. The molecule has 7 heteroatoms. The lowest BCUT2D eigenvalue weighted by Crippen LogP contribution is -2.54. The number of hydrogen-bond donors (Lipinski definition) is 4. The van der Waals surface area contributed by atoms with Gasteiger partial charge in [0.05, 0.1) is 6.04 Å². The molecule has 0 saturated heterocycles. The van der Waals surface area contributed by atoms with Crippen molar-refractivity contribution in [2.75, 3.05) is 6.61 Å². The number of Topliss-reactive ketones (excluding diaryl/α,β-unsaturated/α-hetero) is 1. The van der Waals surface area contributed by atoms with E-state index in [0.717, 1.165) is 11.1 Å². The summed E-state index contributed by atoms with van der Waals surface area (Å²) in [4.78, 5) is 38.2. The number of aliphatic hydroxyl groups is 1. The van der Waals surface area contributed by atoms with Gasteiger partial charge in [-0.25, -0.2) is 0 Å². The van der Waals surface area contributed by atoms with Crippen molar-refractivity contribution in [1.29, 1.82) is 0 Å². The highest BCUT2D eigenvalue weighted by Gasteiger charge is 2.29. The summed E-state index contributed by atoms with van der Waals surface area (Å²) < 4.78 is 0. The lowest BCUT2D eigenvalue weighted by atomic mass is 9.96. The maximum atomic E-state index is 13.1. The van der Waals surface area contributed by atoms with Crippen molar-refractivity contribution < 1.29 is 19.5 Å². The Hall–Kier alpha value is -3.03. The summed E-state index contributed by atoms with van der Waals surface area (Å²) in [5.74, 6) is -1.44. The van der Waals surface area contributed by atoms with Crippen LogP contribution in [0, 0.1) is 5.92 Å². The summed E-state index contributed by atoms with van der Waals surface area (Å²) in [6, 6.07) is 14.9. The fraction of sp³-hybridized carbons (Fsp3) is 0.400. The van der Waals surface area contributed by atoms with E-state index in [2.05, 4.69) is 10.6 Å². The molecule has 5 N–H and O–H groups in total. The van der Waals surface area contributed by atoms with Gasteiger partial charge in [0.25, 0.3) is 5.91 Å². The summed E-state index contributed by atoms with van der Waals surface area (Å²) >= 11 is 0. The molecule has 2 aromatic rings. The van der Waals surface area contributed by atoms with E-state index in [0.29, 0.717) is 31.4 Å². The largest absolute Gasteiger partial charge is 0.389 e. The number of hydrogen-bond acceptors (Lipinski definition) is 5. The van der Waals surface area contributed by atoms with Gasteiger partial charge in [0, 0.05) is 12.1 Å². The van der Waals surface area contributed by atoms with Crippen LogP contribution in [0.25, 0.3) is 0 Å². The maximum absolute atomic E-state index is 13.1. The minimum atomic E-state index is -0.836. The Morgan fingerprint density at radius 2 is 1.69 bits per heavy atom. The highest BCUT2D eigenvalue weighted by Crippen LogP contribution is 2.12. The molecule has 0 aliphatic carbocycles. The monoisotopic (exact) mass is 439 g/mol. The van der Waals surface area contributed by atoms with Crippen molar-refractivity contribution in [2.24, 2.45) is 11.7 Å². The predicted octanol–water partition coefficient (Wildman–Crippen LogP) is 1.97. The first-order valence-corrected chi connectivity index (χ1v) is 11.0. The first-order chi connectivity index (χ1) is 15.4. The fourth-order valence-electron chi connectivity index (χ4n) is 3.41. The molecule has 172 valence electrons. The number of aryl methyl sites for hydroxylation is 1. The van der Waals surface area contributed by atoms with Gasteiger partial charge in [-0.15, -0.1) is 0 Å². The molecule has 3 atom stereocenters. The SMILES string of the molecule is CCC(C)[C@H](NC(=O)c1cccc(CN)c1)C(=O)N[C@@H](CCc1ccccc1)C(=O)CO. The molecule has 32 heavy (non-hydrogen) atoms. The van der Waals surface area contributed by atoms with Crippen LogP contribution in [0.5, 0.6) is 0 Å². The quantitative estimate of drug-likeness (QED) is 0.403. The van der Waals surface area contributed by atoms with Crippen LogP contribution in [-0.2, 0) is 22.6 Å². The molecule has 0 bridgehead atoms. The number of nitrogens with one attached hydrogen (secondary N) is 2. The second kappa shape index (κ2) is 12.7. The number of rotatable bonds is 12. The van der Waals surface area contributed by atoms with Gasteiger partial charge in [0.2, 0.25) is 5.91 Å². The van der Waals surface area contributed by atoms with E-state index in [9.17, 15) is 19.5 Å². The molecule has 0 saturated carbocycles. The fourth-order valence-corrected chi connectivity index (χ4v) is 3.41. The molecular formula is C25H33N3O4. The van der Waals surface area contributed by atoms with Gasteiger partial charge in [-0.05, 0) is 42.0 Å². The Morgan fingerprint density at radius 3 is 2.31 bits per heavy atom. The zero-order chi connectivity index (χ0) is 23.5. The summed E-state index contributed by atoms with van der Waals surface area (Å²) in [6.07, 6.45) is 1.59. The van der Waals surface area contributed by atoms with Crippen LogP contribution < -0.4 is 16.4 Å². The average Bonchev–Trinajstić information content (AvgIpc) is 2.84. The molecule has 0 radical (unpaired) electrons. The molecule has 2 rings (SSSR count). The lowest BCUT2D eigenvalue weighted by molar-refractivity contribution is -0.131. The minimum Gasteiger partial charge on any atom is -0.389 e. The van der Waals surface area contributed by atoms with Crippen LogP contribution in [0.2, 0.25) is 0 Å². The Balaban J connectivity index is 2.12. The zero-order valence-corrected chi connectivity index (χ0v) is 18.7. The van der Waals surface area contributed by atoms with Crippen molar-refractivity contribution in [2.45, 2.75) is 51.7 Å². The highest BCUT2D eigenvalue weighted by molar-refractivity contribution is 5.98. The van der Waals surface area contributed by atoms with Crippen molar-refractivity contribution in [3.63, 3.8) is 0 Å². The van der Waals surface area contributed by atoms with Gasteiger partial charge in [0.1, 0.15) is 12.6 Å². The molecule has 0 fully saturated rings. The number of nitrogens with two attached hydrogens (primary N) is 1. The Morgan fingerprint density at radius 1 is 1.00 bits per heavy atom. The summed E-state index contributed by atoms with van der Waals surface area (Å²) in [7, 11) is 0. The molecule has 0 spiro atoms. The third-order valence-electron chi connectivity index (χ3n) is 5.63. The van der Waals surface area contributed by atoms with E-state index in [1.165, 1.54) is 0 Å². The average molecular weight is 440 g/mol. The van der Waals surface area contributed by atoms with Crippen molar-refractivity contribution in [3.8, 4) is 0 Å². The second-order valence-corrected chi connectivity index (χ2v) is 7.95. The number of carbonyl (C=O) groups is 3. The standard InChI is InChI=1S/C25H33N3O4/c1-3-17(2)23(28-24(31)20-11-7-10-19(14-20)15-26)25(32)27-21(22(30)16-29)13-12-18-8-5-4-6-9-18/h4-11,14,17,21,23,29H,3,12-13,15-16,26H2,1-2H3,(H,27,32)(H,28,31)/t17?,21-,23-/m0/s1. The van der Waals surface area contributed by atoms with Crippen LogP contribution in [0.3, 0.4) is 0 Å². The van der Waals surface area contributed by atoms with Gasteiger partial charge in [0.15, 0.2) is 5.78 Å². The van der Waals surface area contributed by atoms with E-state index in [-0.39, 0.29) is 11.8 Å². The van der Waals surface area contributed by atoms with Crippen LogP contribution in [-0.4, -0.2) is 41.4 Å². The number of amides is 2. The lowest BCUT2D eigenvalue weighted by Gasteiger charge is -2.26. The first-order valence-electron chi connectivity index (χ1n) is 11.0. The third-order valence-corrected chi connectivity index (χ3v) is 5.63. The smallest absolute Gasteiger partial charge is 0.251 e. The summed E-state index contributed by atoms with van der Waals surface area (Å²) in [6.45, 7) is 3.44. The maximum Gasteiger partial charge on any atom is 0.251 e. The van der Waals surface area contributed by atoms with Crippen LogP contribution in [0.15, 0.2) is 54.6 Å². The Kier molecular flexibility index (Phi) is 10.0. The molecule has 1 unspecified atom stereocenters. The van der Waals surface area contributed by atoms with Gasteiger partial charge in [-0.3, -0.25) is 14.4 Å². The topological polar surface area (TPSA) is 122 Å². The molecular weight excluding hydrogens is 406 g/mol. The van der Waals surface area contributed by atoms with Gasteiger partial charge in [-0.1, -0.05) is 62.7 Å². The molecule has 0 heterocycles. The summed E-state index contributed by atoms with van der Waals surface area (Å²) in [5.41, 5.74) is 7.92. The predicted molar refractivity (Wildman–Crippen MR) is 124 cm³/mol. The molecule has 0 aliphatic rings. The minimum absolute atomic E-state index is 0.157.